The van der Waals surface area contributed by atoms with Crippen LogP contribution in [-0.4, -0.2) is 24.6 Å². The van der Waals surface area contributed by atoms with Crippen LogP contribution in [0.5, 0.6) is 0 Å². The number of carbonyl (C=O) groups excluding carboxylic acids is 2. The van der Waals surface area contributed by atoms with Crippen molar-refractivity contribution < 1.29 is 19.1 Å². The van der Waals surface area contributed by atoms with E-state index >= 15 is 0 Å². The first kappa shape index (κ1) is 12.9. The minimum atomic E-state index is -0.0622. The van der Waals surface area contributed by atoms with Gasteiger partial charge in [-0.15, -0.1) is 0 Å². The van der Waals surface area contributed by atoms with Crippen LogP contribution in [0.25, 0.3) is 0 Å². The normalized spacial score (nSPS) is 41.6. The van der Waals surface area contributed by atoms with Crippen LogP contribution in [0.1, 0.15) is 46.0 Å². The van der Waals surface area contributed by atoms with Gasteiger partial charge in [-0.3, -0.25) is 9.59 Å². The molecule has 5 unspecified atom stereocenters. The van der Waals surface area contributed by atoms with E-state index in [0.717, 1.165) is 25.7 Å². The van der Waals surface area contributed by atoms with Gasteiger partial charge in [0.15, 0.2) is 0 Å². The Kier molecular flexibility index (Phi) is 3.06. The molecular weight excluding hydrogens is 244 g/mol. The SMILES string of the molecule is CCC(C)C(=O)OC1CC2CC1CC21COC(=O)C1. The second-order valence-corrected chi connectivity index (χ2v) is 6.62. The predicted octanol–water partition coefficient (Wildman–Crippen LogP) is 2.31. The molecule has 1 spiro atoms. The molecule has 0 aromatic heterocycles. The summed E-state index contributed by atoms with van der Waals surface area (Å²) in [6.45, 7) is 4.50. The van der Waals surface area contributed by atoms with E-state index in [-0.39, 0.29) is 29.4 Å². The van der Waals surface area contributed by atoms with Gasteiger partial charge in [0.1, 0.15) is 6.10 Å². The van der Waals surface area contributed by atoms with Crippen LogP contribution in [0.15, 0.2) is 0 Å². The first-order valence-electron chi connectivity index (χ1n) is 7.40. The number of rotatable bonds is 3. The Bertz CT molecular complexity index is 405. The van der Waals surface area contributed by atoms with Gasteiger partial charge in [0.05, 0.1) is 18.9 Å². The van der Waals surface area contributed by atoms with E-state index in [9.17, 15) is 9.59 Å². The average molecular weight is 266 g/mol. The lowest BCUT2D eigenvalue weighted by Crippen LogP contribution is -2.36. The molecule has 3 aliphatic rings. The van der Waals surface area contributed by atoms with Gasteiger partial charge in [0, 0.05) is 5.41 Å². The van der Waals surface area contributed by atoms with Crippen LogP contribution < -0.4 is 0 Å². The van der Waals surface area contributed by atoms with Gasteiger partial charge in [0.2, 0.25) is 0 Å². The molecule has 0 radical (unpaired) electrons. The summed E-state index contributed by atoms with van der Waals surface area (Å²) in [4.78, 5) is 23.2. The lowest BCUT2D eigenvalue weighted by molar-refractivity contribution is -0.157. The molecule has 4 heteroatoms. The standard InChI is InChI=1S/C15H22O4/c1-3-9(2)14(17)19-12-5-11-4-10(12)6-15(11)7-13(16)18-8-15/h9-12H,3-8H2,1-2H3. The van der Waals surface area contributed by atoms with Crippen LogP contribution in [0.3, 0.4) is 0 Å². The van der Waals surface area contributed by atoms with E-state index in [1.54, 1.807) is 0 Å². The molecule has 1 saturated heterocycles. The molecule has 19 heavy (non-hydrogen) atoms. The molecule has 106 valence electrons. The van der Waals surface area contributed by atoms with Crippen molar-refractivity contribution in [3.8, 4) is 0 Å². The Hall–Kier alpha value is -1.06. The second-order valence-electron chi connectivity index (χ2n) is 6.62. The van der Waals surface area contributed by atoms with E-state index in [1.807, 2.05) is 13.8 Å². The zero-order chi connectivity index (χ0) is 13.6. The van der Waals surface area contributed by atoms with E-state index in [4.69, 9.17) is 9.47 Å². The summed E-state index contributed by atoms with van der Waals surface area (Å²) in [5.41, 5.74) is 0.0705. The molecule has 4 nitrogen and oxygen atoms in total. The van der Waals surface area contributed by atoms with Gasteiger partial charge < -0.3 is 9.47 Å². The van der Waals surface area contributed by atoms with Gasteiger partial charge in [-0.25, -0.2) is 0 Å². The third kappa shape index (κ3) is 2.05. The summed E-state index contributed by atoms with van der Waals surface area (Å²) in [7, 11) is 0. The van der Waals surface area contributed by atoms with Gasteiger partial charge in [-0.05, 0) is 37.5 Å². The molecule has 5 atom stereocenters. The molecule has 0 aromatic rings. The number of hydrogen-bond donors (Lipinski definition) is 0. The molecule has 3 rings (SSSR count). The van der Waals surface area contributed by atoms with Crippen molar-refractivity contribution in [3.63, 3.8) is 0 Å². The fraction of sp³-hybridized carbons (Fsp3) is 0.867. The quantitative estimate of drug-likeness (QED) is 0.736. The number of cyclic esters (lactones) is 1. The minimum Gasteiger partial charge on any atom is -0.465 e. The summed E-state index contributed by atoms with van der Waals surface area (Å²) >= 11 is 0. The maximum atomic E-state index is 11.9. The third-order valence-corrected chi connectivity index (χ3v) is 5.46. The van der Waals surface area contributed by atoms with Crippen molar-refractivity contribution >= 4 is 11.9 Å². The van der Waals surface area contributed by atoms with Crippen molar-refractivity contribution in [2.45, 2.75) is 52.1 Å². The molecule has 2 aliphatic carbocycles. The molecule has 1 heterocycles. The Balaban J connectivity index is 1.61. The van der Waals surface area contributed by atoms with Gasteiger partial charge in [-0.2, -0.15) is 0 Å². The summed E-state index contributed by atoms with van der Waals surface area (Å²) in [5, 5.41) is 0. The average Bonchev–Trinajstić information content (AvgIpc) is 3.04. The summed E-state index contributed by atoms with van der Waals surface area (Å²) in [6.07, 6.45) is 4.47. The smallest absolute Gasteiger partial charge is 0.308 e. The number of esters is 2. The fourth-order valence-corrected chi connectivity index (χ4v) is 4.07. The van der Waals surface area contributed by atoms with Crippen molar-refractivity contribution in [2.24, 2.45) is 23.2 Å². The number of fused-ring (bicyclic) bond motifs is 3. The molecule has 2 bridgehead atoms. The van der Waals surface area contributed by atoms with Crippen LogP contribution in [0, 0.1) is 23.2 Å². The highest BCUT2D eigenvalue weighted by molar-refractivity contribution is 5.73. The number of hydrogen-bond acceptors (Lipinski definition) is 4. The zero-order valence-corrected chi connectivity index (χ0v) is 11.7. The molecule has 1 aliphatic heterocycles. The molecule has 0 aromatic carbocycles. The first-order valence-corrected chi connectivity index (χ1v) is 7.40. The summed E-state index contributed by atoms with van der Waals surface area (Å²) < 4.78 is 10.8. The molecule has 0 amide bonds. The second kappa shape index (κ2) is 4.50. The van der Waals surface area contributed by atoms with Crippen molar-refractivity contribution in [3.05, 3.63) is 0 Å². The third-order valence-electron chi connectivity index (χ3n) is 5.46. The summed E-state index contributed by atoms with van der Waals surface area (Å²) in [5.74, 6) is 0.809. The first-order chi connectivity index (χ1) is 9.04. The minimum absolute atomic E-state index is 0.00974. The Labute approximate surface area is 113 Å². The largest absolute Gasteiger partial charge is 0.465 e. The maximum Gasteiger partial charge on any atom is 0.308 e. The van der Waals surface area contributed by atoms with E-state index in [2.05, 4.69) is 0 Å². The predicted molar refractivity (Wildman–Crippen MR) is 68.2 cm³/mol. The monoisotopic (exact) mass is 266 g/mol. The van der Waals surface area contributed by atoms with Crippen molar-refractivity contribution in [1.82, 2.24) is 0 Å². The zero-order valence-electron chi connectivity index (χ0n) is 11.7. The molecular formula is C15H22O4. The highest BCUT2D eigenvalue weighted by atomic mass is 16.5. The van der Waals surface area contributed by atoms with E-state index in [0.29, 0.717) is 24.9 Å². The fourth-order valence-electron chi connectivity index (χ4n) is 4.07. The van der Waals surface area contributed by atoms with E-state index < -0.39 is 0 Å². The van der Waals surface area contributed by atoms with Crippen LogP contribution >= 0.6 is 0 Å². The summed E-state index contributed by atoms with van der Waals surface area (Å²) in [6, 6.07) is 0. The molecule has 3 fully saturated rings. The van der Waals surface area contributed by atoms with Crippen molar-refractivity contribution in [1.29, 1.82) is 0 Å². The van der Waals surface area contributed by atoms with Gasteiger partial charge >= 0.3 is 11.9 Å². The Morgan fingerprint density at radius 2 is 2.32 bits per heavy atom. The number of ether oxygens (including phenoxy) is 2. The van der Waals surface area contributed by atoms with E-state index in [1.165, 1.54) is 0 Å². The molecule has 2 saturated carbocycles. The van der Waals surface area contributed by atoms with Crippen LogP contribution in [-0.2, 0) is 19.1 Å². The maximum absolute atomic E-state index is 11.9. The van der Waals surface area contributed by atoms with Crippen LogP contribution in [0.4, 0.5) is 0 Å². The highest BCUT2D eigenvalue weighted by Gasteiger charge is 2.59. The van der Waals surface area contributed by atoms with Crippen molar-refractivity contribution in [2.75, 3.05) is 6.61 Å². The highest BCUT2D eigenvalue weighted by Crippen LogP contribution is 2.60. The number of carbonyl (C=O) groups is 2. The topological polar surface area (TPSA) is 52.6 Å². The Morgan fingerprint density at radius 3 is 2.84 bits per heavy atom. The van der Waals surface area contributed by atoms with Gasteiger partial charge in [0.25, 0.3) is 0 Å². The lowest BCUT2D eigenvalue weighted by atomic mass is 9.72. The van der Waals surface area contributed by atoms with Crippen LogP contribution in [0.2, 0.25) is 0 Å². The molecule has 0 N–H and O–H groups in total. The van der Waals surface area contributed by atoms with Gasteiger partial charge in [-0.1, -0.05) is 13.8 Å². The lowest BCUT2D eigenvalue weighted by Gasteiger charge is -2.34. The Morgan fingerprint density at radius 1 is 1.53 bits per heavy atom.